The van der Waals surface area contributed by atoms with Crippen LogP contribution in [0.4, 0.5) is 5.69 Å². The minimum atomic E-state index is -3.86. The van der Waals surface area contributed by atoms with Gasteiger partial charge >= 0.3 is 0 Å². The van der Waals surface area contributed by atoms with Gasteiger partial charge in [0.1, 0.15) is 12.4 Å². The Hall–Kier alpha value is -2.55. The number of sulfonamides is 1. The Morgan fingerprint density at radius 1 is 0.976 bits per heavy atom. The summed E-state index contributed by atoms with van der Waals surface area (Å²) in [6.45, 7) is 1.86. The topological polar surface area (TPSA) is 95.9 Å². The second-order valence-electron chi connectivity index (χ2n) is 12.1. The molecule has 4 aliphatic rings. The number of nitrogens with one attached hydrogen (secondary N) is 1. The predicted octanol–water partition coefficient (Wildman–Crippen LogP) is 5.64. The van der Waals surface area contributed by atoms with Crippen molar-refractivity contribution in [3.05, 3.63) is 70.3 Å². The highest BCUT2D eigenvalue weighted by Gasteiger charge is 2.39. The van der Waals surface area contributed by atoms with Gasteiger partial charge in [-0.15, -0.1) is 0 Å². The van der Waals surface area contributed by atoms with E-state index in [0.717, 1.165) is 69.3 Å². The number of benzene rings is 2. The van der Waals surface area contributed by atoms with Crippen LogP contribution in [-0.4, -0.2) is 43.9 Å². The number of anilines is 1. The molecule has 2 saturated carbocycles. The monoisotopic (exact) mass is 598 g/mol. The Morgan fingerprint density at radius 2 is 1.85 bits per heavy atom. The lowest BCUT2D eigenvalue weighted by Crippen LogP contribution is -2.43. The largest absolute Gasteiger partial charge is 0.487 e. The molecule has 2 heterocycles. The summed E-state index contributed by atoms with van der Waals surface area (Å²) in [7, 11) is -3.86. The van der Waals surface area contributed by atoms with Gasteiger partial charge in [-0.05, 0) is 111 Å². The van der Waals surface area contributed by atoms with Gasteiger partial charge in [-0.2, -0.15) is 0 Å². The van der Waals surface area contributed by atoms with Gasteiger partial charge in [-0.3, -0.25) is 4.79 Å². The van der Waals surface area contributed by atoms with Crippen molar-refractivity contribution in [1.82, 2.24) is 4.72 Å². The molecular weight excluding hydrogens is 560 g/mol. The standard InChI is InChI=1S/C32H39ClN2O5S/c33-26-13-10-25-20-40-30-15-12-23-18-28(30)35(16-2-1-5-22(25)17-26)19-24-11-14-27(24)29(36)8-3-6-21-7-4-9-31(21)41(38,39)34-32(23)37/h3,8,10,12-13,15,17-18,21,24,27,29,31,36H,1-2,4-7,9,11,14,16,19-20H2,(H,34,37)/b8-3+/t21-,24+,27-,29+,31+/m1/s1. The number of aliphatic hydroxyl groups is 1. The number of carbonyl (C=O) groups is 1. The number of hydrogen-bond acceptors (Lipinski definition) is 6. The molecule has 2 aliphatic heterocycles. The molecule has 5 atom stereocenters. The van der Waals surface area contributed by atoms with Gasteiger partial charge in [0.25, 0.3) is 5.91 Å². The summed E-state index contributed by atoms with van der Waals surface area (Å²) in [4.78, 5) is 15.7. The zero-order valence-electron chi connectivity index (χ0n) is 23.3. The number of fused-ring (bicyclic) bond motifs is 4. The molecule has 2 aromatic rings. The van der Waals surface area contributed by atoms with Crippen molar-refractivity contribution in [2.75, 3.05) is 18.0 Å². The maximum absolute atomic E-state index is 13.4. The van der Waals surface area contributed by atoms with E-state index in [1.165, 1.54) is 5.56 Å². The molecule has 0 unspecified atom stereocenters. The molecule has 2 fully saturated rings. The number of nitrogens with zero attached hydrogens (tertiary/aromatic N) is 1. The third-order valence-electron chi connectivity index (χ3n) is 9.60. The minimum Gasteiger partial charge on any atom is -0.487 e. The molecule has 220 valence electrons. The molecule has 2 aromatic carbocycles. The normalized spacial score (nSPS) is 30.7. The Bertz CT molecular complexity index is 1430. The molecular formula is C32H39ClN2O5S. The van der Waals surface area contributed by atoms with Crippen LogP contribution in [0.5, 0.6) is 5.75 Å². The Labute approximate surface area is 248 Å². The van der Waals surface area contributed by atoms with E-state index in [-0.39, 0.29) is 11.8 Å². The number of aliphatic hydroxyl groups excluding tert-OH is 1. The zero-order chi connectivity index (χ0) is 28.6. The molecule has 2 N–H and O–H groups in total. The van der Waals surface area contributed by atoms with Crippen LogP contribution < -0.4 is 14.4 Å². The third-order valence-corrected chi connectivity index (χ3v) is 11.7. The highest BCUT2D eigenvalue weighted by Crippen LogP contribution is 2.41. The fraction of sp³-hybridized carbons (Fsp3) is 0.531. The molecule has 2 bridgehead atoms. The molecule has 0 spiro atoms. The maximum Gasteiger partial charge on any atom is 0.264 e. The average Bonchev–Trinajstić information content (AvgIpc) is 3.39. The van der Waals surface area contributed by atoms with Crippen LogP contribution >= 0.6 is 11.6 Å². The lowest BCUT2D eigenvalue weighted by molar-refractivity contribution is 0.0461. The van der Waals surface area contributed by atoms with Gasteiger partial charge < -0.3 is 14.7 Å². The third kappa shape index (κ3) is 6.15. The van der Waals surface area contributed by atoms with E-state index in [1.54, 1.807) is 18.2 Å². The molecule has 41 heavy (non-hydrogen) atoms. The summed E-state index contributed by atoms with van der Waals surface area (Å²) in [5, 5.41) is 11.2. The number of rotatable bonds is 0. The van der Waals surface area contributed by atoms with Crippen molar-refractivity contribution in [3.8, 4) is 5.75 Å². The first kappa shape index (κ1) is 28.6. The quantitative estimate of drug-likeness (QED) is 0.381. The fourth-order valence-electron chi connectivity index (χ4n) is 7.11. The molecule has 7 nitrogen and oxygen atoms in total. The highest BCUT2D eigenvalue weighted by atomic mass is 35.5. The van der Waals surface area contributed by atoms with Gasteiger partial charge in [0, 0.05) is 23.7 Å². The number of amides is 1. The number of allylic oxidation sites excluding steroid dienone is 1. The van der Waals surface area contributed by atoms with Crippen molar-refractivity contribution < 1.29 is 23.1 Å². The lowest BCUT2D eigenvalue weighted by Gasteiger charge is -2.42. The average molecular weight is 599 g/mol. The van der Waals surface area contributed by atoms with Crippen molar-refractivity contribution in [2.45, 2.75) is 75.7 Å². The first-order chi connectivity index (χ1) is 19.8. The van der Waals surface area contributed by atoms with Crippen LogP contribution in [0.2, 0.25) is 5.02 Å². The van der Waals surface area contributed by atoms with Gasteiger partial charge in [-0.25, -0.2) is 13.1 Å². The molecule has 0 saturated heterocycles. The summed E-state index contributed by atoms with van der Waals surface area (Å²) >= 11 is 6.30. The Balaban J connectivity index is 1.38. The van der Waals surface area contributed by atoms with E-state index < -0.39 is 27.3 Å². The second-order valence-corrected chi connectivity index (χ2v) is 14.5. The summed E-state index contributed by atoms with van der Waals surface area (Å²) in [6.07, 6.45) is 10.8. The van der Waals surface area contributed by atoms with Crippen molar-refractivity contribution in [3.63, 3.8) is 0 Å². The van der Waals surface area contributed by atoms with E-state index in [9.17, 15) is 18.3 Å². The van der Waals surface area contributed by atoms with E-state index in [0.29, 0.717) is 41.7 Å². The Morgan fingerprint density at radius 3 is 2.68 bits per heavy atom. The summed E-state index contributed by atoms with van der Waals surface area (Å²) in [5.74, 6) is 0.451. The van der Waals surface area contributed by atoms with Crippen molar-refractivity contribution in [1.29, 1.82) is 0 Å². The predicted molar refractivity (Wildman–Crippen MR) is 161 cm³/mol. The summed E-state index contributed by atoms with van der Waals surface area (Å²) in [5.41, 5.74) is 3.35. The van der Waals surface area contributed by atoms with Gasteiger partial charge in [0.2, 0.25) is 10.0 Å². The minimum absolute atomic E-state index is 0.0668. The maximum atomic E-state index is 13.4. The van der Waals surface area contributed by atoms with Crippen LogP contribution in [0.1, 0.15) is 72.9 Å². The number of hydrogen-bond donors (Lipinski definition) is 2. The van der Waals surface area contributed by atoms with Crippen LogP contribution in [-0.2, 0) is 23.1 Å². The van der Waals surface area contributed by atoms with E-state index in [4.69, 9.17) is 16.3 Å². The van der Waals surface area contributed by atoms with E-state index in [2.05, 4.69) is 9.62 Å². The molecule has 9 heteroatoms. The van der Waals surface area contributed by atoms with Crippen molar-refractivity contribution >= 4 is 33.2 Å². The van der Waals surface area contributed by atoms with Gasteiger partial charge in [0.05, 0.1) is 17.0 Å². The zero-order valence-corrected chi connectivity index (χ0v) is 24.9. The van der Waals surface area contributed by atoms with Crippen molar-refractivity contribution in [2.24, 2.45) is 17.8 Å². The fourth-order valence-corrected chi connectivity index (χ4v) is 9.07. The smallest absolute Gasteiger partial charge is 0.264 e. The highest BCUT2D eigenvalue weighted by molar-refractivity contribution is 7.90. The first-order valence-corrected chi connectivity index (χ1v) is 16.9. The Kier molecular flexibility index (Phi) is 8.35. The lowest BCUT2D eigenvalue weighted by atomic mass is 9.70. The number of ether oxygens (including phenoxy) is 1. The van der Waals surface area contributed by atoms with Crippen LogP contribution in [0.15, 0.2) is 48.6 Å². The number of halogens is 1. The van der Waals surface area contributed by atoms with Gasteiger partial charge in [-0.1, -0.05) is 36.2 Å². The summed E-state index contributed by atoms with van der Waals surface area (Å²) < 4.78 is 35.5. The first-order valence-electron chi connectivity index (χ1n) is 15.0. The molecule has 1 amide bonds. The molecule has 0 aromatic heterocycles. The molecule has 2 aliphatic carbocycles. The molecule has 0 radical (unpaired) electrons. The SMILES string of the molecule is O=C1NS(=O)(=O)[C@H]2CCC[C@H]2C/C=C/[C@H](O)[C@@H]2CC[C@H]2CN2CCCCc3cc(Cl)ccc3COc3ccc1cc32. The van der Waals surface area contributed by atoms with Crippen LogP contribution in [0.3, 0.4) is 0 Å². The van der Waals surface area contributed by atoms with Crippen LogP contribution in [0, 0.1) is 17.8 Å². The van der Waals surface area contributed by atoms with E-state index in [1.807, 2.05) is 30.4 Å². The number of carbonyl (C=O) groups excluding carboxylic acids is 1. The second kappa shape index (κ2) is 12.0. The van der Waals surface area contributed by atoms with E-state index >= 15 is 0 Å². The number of aryl methyl sites for hydroxylation is 1. The molecule has 6 rings (SSSR count). The van der Waals surface area contributed by atoms with Gasteiger partial charge in [0.15, 0.2) is 0 Å². The van der Waals surface area contributed by atoms with Crippen LogP contribution in [0.25, 0.3) is 0 Å². The summed E-state index contributed by atoms with van der Waals surface area (Å²) in [6, 6.07) is 11.1.